The average Bonchev–Trinajstić information content (AvgIpc) is 3.59. The molecule has 0 bridgehead atoms. The summed E-state index contributed by atoms with van der Waals surface area (Å²) >= 11 is 0. The Kier molecular flexibility index (Phi) is 11.3. The van der Waals surface area contributed by atoms with Crippen LogP contribution in [0.1, 0.15) is 58.2 Å². The number of nitriles is 1. The van der Waals surface area contributed by atoms with Gasteiger partial charge >= 0.3 is 0 Å². The molecule has 6 heteroatoms. The Labute approximate surface area is 336 Å². The summed E-state index contributed by atoms with van der Waals surface area (Å²) in [4.78, 5) is 8.98. The molecule has 55 heavy (non-hydrogen) atoms. The zero-order valence-electron chi connectivity index (χ0n) is 31.7. The predicted molar refractivity (Wildman–Crippen MR) is 217 cm³/mol. The van der Waals surface area contributed by atoms with Gasteiger partial charge < -0.3 is 14.4 Å². The van der Waals surface area contributed by atoms with E-state index >= 15 is 4.39 Å². The van der Waals surface area contributed by atoms with Crippen LogP contribution in [0, 0.1) is 29.3 Å². The van der Waals surface area contributed by atoms with Gasteiger partial charge in [0.05, 0.1) is 11.1 Å². The summed E-state index contributed by atoms with van der Waals surface area (Å²) in [6.07, 6.45) is 3.67. The third kappa shape index (κ3) is 8.05. The quantitative estimate of drug-likeness (QED) is 0.165. The Morgan fingerprint density at radius 3 is 1.96 bits per heavy atom. The Morgan fingerprint density at radius 2 is 1.36 bits per heavy atom. The maximum Gasteiger partial charge on any atom is 0.134 e. The molecule has 0 aliphatic rings. The van der Waals surface area contributed by atoms with Gasteiger partial charge in [0.2, 0.25) is 0 Å². The summed E-state index contributed by atoms with van der Waals surface area (Å²) in [5.74, 6) is -0.483. The van der Waals surface area contributed by atoms with Crippen molar-refractivity contribution < 1.29 is 28.9 Å². The number of hydrogen-bond donors (Lipinski definition) is 0. The fourth-order valence-corrected chi connectivity index (χ4v) is 6.62. The molecule has 0 amide bonds. The van der Waals surface area contributed by atoms with Gasteiger partial charge in [0.1, 0.15) is 17.5 Å². The van der Waals surface area contributed by atoms with Crippen LogP contribution in [0.4, 0.5) is 4.39 Å². The van der Waals surface area contributed by atoms with Crippen molar-refractivity contribution in [3.8, 4) is 50.8 Å². The van der Waals surface area contributed by atoms with Gasteiger partial charge in [0, 0.05) is 43.4 Å². The third-order valence-electron chi connectivity index (χ3n) is 9.52. The second kappa shape index (κ2) is 15.9. The minimum Gasteiger partial charge on any atom is -0.500 e. The van der Waals surface area contributed by atoms with Crippen molar-refractivity contribution in [3.05, 3.63) is 168 Å². The summed E-state index contributed by atoms with van der Waals surface area (Å²) in [5, 5.41) is 11.1. The van der Waals surface area contributed by atoms with Crippen LogP contribution >= 0.6 is 0 Å². The van der Waals surface area contributed by atoms with Gasteiger partial charge in [-0.2, -0.15) is 5.26 Å². The number of halogens is 1. The molecular formula is C49H40FIrN3O-2. The summed E-state index contributed by atoms with van der Waals surface area (Å²) in [6, 6.07) is 47.7. The first kappa shape index (κ1) is 39.0. The number of pyridine rings is 2. The second-order valence-corrected chi connectivity index (χ2v) is 15.3. The van der Waals surface area contributed by atoms with Crippen molar-refractivity contribution in [3.63, 3.8) is 0 Å². The van der Waals surface area contributed by atoms with E-state index in [-0.39, 0.29) is 36.5 Å². The van der Waals surface area contributed by atoms with E-state index in [4.69, 9.17) is 4.42 Å². The molecule has 0 aliphatic heterocycles. The van der Waals surface area contributed by atoms with Gasteiger partial charge in [-0.3, -0.25) is 0 Å². The molecule has 0 unspecified atom stereocenters. The van der Waals surface area contributed by atoms with E-state index in [0.29, 0.717) is 38.8 Å². The van der Waals surface area contributed by atoms with Crippen molar-refractivity contribution >= 4 is 21.9 Å². The zero-order chi connectivity index (χ0) is 38.0. The first-order chi connectivity index (χ1) is 25.9. The van der Waals surface area contributed by atoms with Crippen LogP contribution < -0.4 is 0 Å². The van der Waals surface area contributed by atoms with Gasteiger partial charge in [-0.15, -0.1) is 53.6 Å². The van der Waals surface area contributed by atoms with E-state index in [0.717, 1.165) is 33.5 Å². The molecule has 0 spiro atoms. The predicted octanol–water partition coefficient (Wildman–Crippen LogP) is 12.9. The summed E-state index contributed by atoms with van der Waals surface area (Å²) in [6.45, 7) is 12.8. The topological polar surface area (TPSA) is 62.7 Å². The number of furan rings is 1. The van der Waals surface area contributed by atoms with Crippen LogP contribution in [-0.4, -0.2) is 9.97 Å². The van der Waals surface area contributed by atoms with Gasteiger partial charge in [0.15, 0.2) is 0 Å². The van der Waals surface area contributed by atoms with Crippen LogP contribution in [-0.2, 0) is 30.9 Å². The smallest absolute Gasteiger partial charge is 0.134 e. The molecule has 1 radical (unpaired) electrons. The maximum atomic E-state index is 15.8. The van der Waals surface area contributed by atoms with Crippen LogP contribution in [0.2, 0.25) is 0 Å². The van der Waals surface area contributed by atoms with Crippen molar-refractivity contribution in [1.82, 2.24) is 9.97 Å². The first-order valence-electron chi connectivity index (χ1n) is 18.0. The Morgan fingerprint density at radius 1 is 0.673 bits per heavy atom. The van der Waals surface area contributed by atoms with E-state index < -0.39 is 5.82 Å². The van der Waals surface area contributed by atoms with Crippen LogP contribution in [0.5, 0.6) is 0 Å². The first-order valence-corrected chi connectivity index (χ1v) is 18.0. The Hall–Kier alpha value is -5.73. The van der Waals surface area contributed by atoms with Crippen LogP contribution in [0.3, 0.4) is 0 Å². The molecule has 275 valence electrons. The molecule has 0 saturated heterocycles. The summed E-state index contributed by atoms with van der Waals surface area (Å²) in [5.41, 5.74) is 10.0. The molecular weight excluding hydrogens is 858 g/mol. The third-order valence-corrected chi connectivity index (χ3v) is 9.52. The van der Waals surface area contributed by atoms with E-state index in [2.05, 4.69) is 94.0 Å². The molecule has 5 aromatic carbocycles. The average molecular weight is 898 g/mol. The number of nitrogens with zero attached hydrogens (tertiary/aromatic N) is 3. The van der Waals surface area contributed by atoms with E-state index in [1.165, 1.54) is 11.6 Å². The fraction of sp³-hybridized carbons (Fsp3) is 0.163. The van der Waals surface area contributed by atoms with Crippen LogP contribution in [0.15, 0.2) is 138 Å². The second-order valence-electron chi connectivity index (χ2n) is 15.3. The normalized spacial score (nSPS) is 11.4. The molecule has 3 aromatic heterocycles. The van der Waals surface area contributed by atoms with Crippen molar-refractivity contribution in [2.24, 2.45) is 0 Å². The molecule has 8 rings (SSSR count). The number of fused-ring (bicyclic) bond motifs is 3. The molecule has 0 atom stereocenters. The maximum absolute atomic E-state index is 15.8. The minimum absolute atomic E-state index is 0. The minimum atomic E-state index is -0.483. The molecule has 0 N–H and O–H groups in total. The molecule has 0 saturated carbocycles. The zero-order valence-corrected chi connectivity index (χ0v) is 34.1. The van der Waals surface area contributed by atoms with E-state index in [1.54, 1.807) is 6.20 Å². The van der Waals surface area contributed by atoms with Crippen LogP contribution in [0.25, 0.3) is 66.7 Å². The molecule has 8 aromatic rings. The Balaban J connectivity index is 0.000000254. The summed E-state index contributed by atoms with van der Waals surface area (Å²) in [7, 11) is 0. The molecule has 4 nitrogen and oxygen atoms in total. The van der Waals surface area contributed by atoms with Gasteiger partial charge in [0.25, 0.3) is 0 Å². The number of benzene rings is 5. The van der Waals surface area contributed by atoms with Crippen molar-refractivity contribution in [1.29, 1.82) is 5.26 Å². The molecule has 0 aliphatic carbocycles. The Bertz CT molecular complexity index is 2600. The van der Waals surface area contributed by atoms with Gasteiger partial charge in [-0.05, 0) is 62.0 Å². The number of aromatic nitrogens is 2. The number of hydrogen-bond acceptors (Lipinski definition) is 4. The SMILES string of the molecule is CC(C)(C)c1c[c-]c(-c2ccccn2)c2oc3c(-c4ccc(-c5ccccc5)cc4)c(C#N)cc(F)c3c12.CC(C)(C)c1ccc(-c2[c-]cccc2)nc1.[Ir]. The van der Waals surface area contributed by atoms with E-state index in [9.17, 15) is 5.26 Å². The van der Waals surface area contributed by atoms with Crippen molar-refractivity contribution in [2.75, 3.05) is 0 Å². The molecule has 3 heterocycles. The monoisotopic (exact) mass is 898 g/mol. The largest absolute Gasteiger partial charge is 0.500 e. The fourth-order valence-electron chi connectivity index (χ4n) is 6.62. The standard InChI is InChI=1S/C34H24FN2O.C15H16N.Ir/c1-34(2,3)26-17-16-25(28-11-7-8-18-37-28)32-30(26)31-27(35)19-24(20-36)29(33(31)38-32)23-14-12-22(13-15-23)21-9-5-4-6-10-21;1-15(2,3)13-9-10-14(16-11-13)12-7-5-4-6-8-12;/h4-15,17-19H,1-3H3;4-7,9-11H,1-3H3;/q2*-1;. The summed E-state index contributed by atoms with van der Waals surface area (Å²) < 4.78 is 22.4. The van der Waals surface area contributed by atoms with E-state index in [1.807, 2.05) is 97.2 Å². The van der Waals surface area contributed by atoms with Gasteiger partial charge in [-0.25, -0.2) is 4.39 Å². The molecule has 0 fully saturated rings. The van der Waals surface area contributed by atoms with Gasteiger partial charge in [-0.1, -0.05) is 126 Å². The van der Waals surface area contributed by atoms with Crippen molar-refractivity contribution in [2.45, 2.75) is 52.4 Å². The number of rotatable bonds is 4.